The zero-order chi connectivity index (χ0) is 20.1. The lowest BCUT2D eigenvalue weighted by molar-refractivity contribution is 0.415. The third-order valence-electron chi connectivity index (χ3n) is 5.01. The normalized spacial score (nSPS) is 13.5. The minimum absolute atomic E-state index is 0.0898. The van der Waals surface area contributed by atoms with E-state index in [4.69, 9.17) is 4.74 Å². The molecule has 0 amide bonds. The number of nitrogens with zero attached hydrogens (tertiary/aromatic N) is 5. The van der Waals surface area contributed by atoms with Crippen LogP contribution in [0.4, 0.5) is 11.6 Å². The summed E-state index contributed by atoms with van der Waals surface area (Å²) in [6, 6.07) is 11.0. The van der Waals surface area contributed by atoms with Crippen molar-refractivity contribution in [2.24, 2.45) is 0 Å². The first-order valence-electron chi connectivity index (χ1n) is 9.75. The monoisotopic (exact) mass is 392 g/mol. The number of benzene rings is 1. The summed E-state index contributed by atoms with van der Waals surface area (Å²) in [4.78, 5) is 27.8. The molecule has 0 radical (unpaired) electrons. The molecule has 150 valence electrons. The minimum Gasteiger partial charge on any atom is -0.497 e. The Morgan fingerprint density at radius 3 is 2.59 bits per heavy atom. The average molecular weight is 392 g/mol. The Labute approximate surface area is 169 Å². The molecule has 1 N–H and O–H groups in total. The zero-order valence-electron chi connectivity index (χ0n) is 16.4. The zero-order valence-corrected chi connectivity index (χ0v) is 16.4. The van der Waals surface area contributed by atoms with Gasteiger partial charge in [0.1, 0.15) is 23.7 Å². The highest BCUT2D eigenvalue weighted by Crippen LogP contribution is 2.20. The summed E-state index contributed by atoms with van der Waals surface area (Å²) in [5.41, 5.74) is 1.43. The molecule has 8 nitrogen and oxygen atoms in total. The molecule has 0 atom stereocenters. The molecule has 1 aliphatic rings. The van der Waals surface area contributed by atoms with Gasteiger partial charge in [0.25, 0.3) is 5.56 Å². The van der Waals surface area contributed by atoms with E-state index in [0.29, 0.717) is 18.8 Å². The number of aromatic nitrogens is 4. The molecule has 1 fully saturated rings. The van der Waals surface area contributed by atoms with Crippen molar-refractivity contribution in [1.29, 1.82) is 0 Å². The van der Waals surface area contributed by atoms with E-state index in [0.717, 1.165) is 36.0 Å². The Kier molecular flexibility index (Phi) is 5.69. The van der Waals surface area contributed by atoms with Crippen molar-refractivity contribution in [3.8, 4) is 17.0 Å². The van der Waals surface area contributed by atoms with Crippen molar-refractivity contribution in [2.45, 2.75) is 19.4 Å². The van der Waals surface area contributed by atoms with Gasteiger partial charge >= 0.3 is 0 Å². The third kappa shape index (κ3) is 4.53. The Morgan fingerprint density at radius 1 is 1.07 bits per heavy atom. The molecular weight excluding hydrogens is 368 g/mol. The largest absolute Gasteiger partial charge is 0.497 e. The number of nitrogens with one attached hydrogen (secondary N) is 1. The molecule has 0 saturated carbocycles. The Morgan fingerprint density at radius 2 is 1.86 bits per heavy atom. The van der Waals surface area contributed by atoms with Gasteiger partial charge < -0.3 is 15.0 Å². The van der Waals surface area contributed by atoms with Gasteiger partial charge in [-0.2, -0.15) is 0 Å². The lowest BCUT2D eigenvalue weighted by Crippen LogP contribution is -2.24. The summed E-state index contributed by atoms with van der Waals surface area (Å²) in [7, 11) is 1.62. The number of hydrogen-bond donors (Lipinski definition) is 1. The van der Waals surface area contributed by atoms with Crippen LogP contribution in [-0.2, 0) is 6.54 Å². The smallest absolute Gasteiger partial charge is 0.253 e. The molecule has 1 saturated heterocycles. The number of ether oxygens (including phenoxy) is 1. The van der Waals surface area contributed by atoms with Crippen molar-refractivity contribution in [3.05, 3.63) is 59.4 Å². The van der Waals surface area contributed by atoms with E-state index in [1.54, 1.807) is 30.4 Å². The van der Waals surface area contributed by atoms with Crippen LogP contribution < -0.4 is 20.5 Å². The highest BCUT2D eigenvalue weighted by molar-refractivity contribution is 5.59. The predicted octanol–water partition coefficient (Wildman–Crippen LogP) is 2.42. The molecule has 0 unspecified atom stereocenters. The van der Waals surface area contributed by atoms with Gasteiger partial charge in [-0.15, -0.1) is 0 Å². The van der Waals surface area contributed by atoms with Gasteiger partial charge in [-0.3, -0.25) is 9.36 Å². The molecule has 8 heteroatoms. The molecule has 0 spiro atoms. The minimum atomic E-state index is -0.0898. The summed E-state index contributed by atoms with van der Waals surface area (Å²) in [6.45, 7) is 3.15. The van der Waals surface area contributed by atoms with E-state index in [1.165, 1.54) is 12.8 Å². The van der Waals surface area contributed by atoms with Crippen LogP contribution in [0.15, 0.2) is 53.8 Å². The van der Waals surface area contributed by atoms with Gasteiger partial charge in [0.15, 0.2) is 0 Å². The van der Waals surface area contributed by atoms with E-state index >= 15 is 0 Å². The van der Waals surface area contributed by atoms with Crippen LogP contribution in [-0.4, -0.2) is 46.3 Å². The van der Waals surface area contributed by atoms with Gasteiger partial charge in [-0.25, -0.2) is 15.0 Å². The van der Waals surface area contributed by atoms with Crippen molar-refractivity contribution in [2.75, 3.05) is 37.0 Å². The molecule has 3 heterocycles. The first-order valence-corrected chi connectivity index (χ1v) is 9.75. The molecule has 29 heavy (non-hydrogen) atoms. The molecule has 1 aromatic carbocycles. The fraction of sp³-hybridized carbons (Fsp3) is 0.333. The number of hydrogen-bond acceptors (Lipinski definition) is 7. The standard InChI is InChI=1S/C21H24N6O2/c1-29-17-6-4-16(5-7-17)18-12-21(28)27(15-25-18)11-8-22-19-13-20(24-14-23-19)26-9-2-3-10-26/h4-7,12-15H,2-3,8-11H2,1H3,(H,22,23,24). The molecule has 0 bridgehead atoms. The Bertz CT molecular complexity index is 1010. The fourth-order valence-electron chi connectivity index (χ4n) is 3.38. The van der Waals surface area contributed by atoms with Crippen LogP contribution in [0, 0.1) is 0 Å². The maximum Gasteiger partial charge on any atom is 0.253 e. The van der Waals surface area contributed by atoms with Crippen molar-refractivity contribution < 1.29 is 4.74 Å². The van der Waals surface area contributed by atoms with Crippen LogP contribution in [0.2, 0.25) is 0 Å². The SMILES string of the molecule is COc1ccc(-c2cc(=O)n(CCNc3cc(N4CCCC4)ncn3)cn2)cc1. The molecular formula is C21H24N6O2. The summed E-state index contributed by atoms with van der Waals surface area (Å²) in [5.74, 6) is 2.48. The molecule has 0 aliphatic carbocycles. The third-order valence-corrected chi connectivity index (χ3v) is 5.01. The van der Waals surface area contributed by atoms with E-state index in [-0.39, 0.29) is 5.56 Å². The highest BCUT2D eigenvalue weighted by atomic mass is 16.5. The second-order valence-corrected chi connectivity index (χ2v) is 6.92. The van der Waals surface area contributed by atoms with Gasteiger partial charge in [-0.1, -0.05) is 0 Å². The Balaban J connectivity index is 1.37. The lowest BCUT2D eigenvalue weighted by atomic mass is 10.1. The maximum atomic E-state index is 12.4. The quantitative estimate of drug-likeness (QED) is 0.661. The topological polar surface area (TPSA) is 85.2 Å². The number of anilines is 2. The average Bonchev–Trinajstić information content (AvgIpc) is 3.30. The summed E-state index contributed by atoms with van der Waals surface area (Å²) >= 11 is 0. The Hall–Kier alpha value is -3.42. The van der Waals surface area contributed by atoms with Gasteiger partial charge in [0.05, 0.1) is 19.1 Å². The lowest BCUT2D eigenvalue weighted by Gasteiger charge is -2.16. The van der Waals surface area contributed by atoms with Crippen LogP contribution in [0.25, 0.3) is 11.3 Å². The second-order valence-electron chi connectivity index (χ2n) is 6.92. The number of methoxy groups -OCH3 is 1. The maximum absolute atomic E-state index is 12.4. The van der Waals surface area contributed by atoms with E-state index in [9.17, 15) is 4.79 Å². The first-order chi connectivity index (χ1) is 14.2. The van der Waals surface area contributed by atoms with Crippen LogP contribution in [0.5, 0.6) is 5.75 Å². The van der Waals surface area contributed by atoms with Gasteiger partial charge in [0.2, 0.25) is 0 Å². The molecule has 2 aromatic heterocycles. The van der Waals surface area contributed by atoms with Gasteiger partial charge in [-0.05, 0) is 37.1 Å². The van der Waals surface area contributed by atoms with E-state index < -0.39 is 0 Å². The molecule has 3 aromatic rings. The molecule has 4 rings (SSSR count). The predicted molar refractivity (Wildman–Crippen MR) is 112 cm³/mol. The van der Waals surface area contributed by atoms with Crippen LogP contribution in [0.1, 0.15) is 12.8 Å². The molecule has 1 aliphatic heterocycles. The van der Waals surface area contributed by atoms with Crippen LogP contribution in [0.3, 0.4) is 0 Å². The number of rotatable bonds is 7. The van der Waals surface area contributed by atoms with Crippen molar-refractivity contribution in [3.63, 3.8) is 0 Å². The van der Waals surface area contributed by atoms with Gasteiger partial charge in [0, 0.05) is 43.9 Å². The van der Waals surface area contributed by atoms with E-state index in [1.807, 2.05) is 30.3 Å². The second kappa shape index (κ2) is 8.72. The first kappa shape index (κ1) is 18.9. The summed E-state index contributed by atoms with van der Waals surface area (Å²) in [5, 5.41) is 3.26. The van der Waals surface area contributed by atoms with Crippen molar-refractivity contribution >= 4 is 11.6 Å². The van der Waals surface area contributed by atoms with Crippen molar-refractivity contribution in [1.82, 2.24) is 19.5 Å². The highest BCUT2D eigenvalue weighted by Gasteiger charge is 2.13. The summed E-state index contributed by atoms with van der Waals surface area (Å²) < 4.78 is 6.75. The van der Waals surface area contributed by atoms with Crippen LogP contribution >= 0.6 is 0 Å². The summed E-state index contributed by atoms with van der Waals surface area (Å²) in [6.07, 6.45) is 5.57. The van der Waals surface area contributed by atoms with E-state index in [2.05, 4.69) is 25.2 Å². The fourth-order valence-corrected chi connectivity index (χ4v) is 3.38.